The molecule has 389 valence electrons. The van der Waals surface area contributed by atoms with E-state index in [2.05, 4.69) is 14.8 Å². The maximum absolute atomic E-state index is 12.5. The summed E-state index contributed by atoms with van der Waals surface area (Å²) >= 11 is 9.03. The van der Waals surface area contributed by atoms with E-state index < -0.39 is 40.3 Å². The van der Waals surface area contributed by atoms with Gasteiger partial charge < -0.3 is 62.1 Å². The second-order valence-electron chi connectivity index (χ2n) is 15.1. The molecule has 73 heavy (non-hydrogen) atoms. The number of amides is 5. The van der Waals surface area contributed by atoms with Gasteiger partial charge in [-0.15, -0.1) is 34.0 Å². The van der Waals surface area contributed by atoms with Crippen molar-refractivity contribution in [3.63, 3.8) is 0 Å². The highest BCUT2D eigenvalue weighted by Crippen LogP contribution is 2.34. The molecule has 3 saturated heterocycles. The molecule has 3 radical (unpaired) electrons. The lowest BCUT2D eigenvalue weighted by Crippen LogP contribution is -2.46. The molecule has 0 atom stereocenters. The minimum absolute atomic E-state index is 0. The van der Waals surface area contributed by atoms with E-state index >= 15 is 0 Å². The Balaban J connectivity index is 0.000000189. The van der Waals surface area contributed by atoms with E-state index in [0.717, 1.165) is 9.70 Å². The monoisotopic (exact) mass is 1090 g/mol. The number of halogens is 1. The van der Waals surface area contributed by atoms with Gasteiger partial charge in [-0.3, -0.25) is 14.6 Å². The van der Waals surface area contributed by atoms with Gasteiger partial charge in [0, 0.05) is 87.0 Å². The van der Waals surface area contributed by atoms with Crippen LogP contribution in [0.5, 0.6) is 0 Å². The van der Waals surface area contributed by atoms with Crippen molar-refractivity contribution in [1.29, 1.82) is 0 Å². The van der Waals surface area contributed by atoms with E-state index in [1.807, 2.05) is 0 Å². The fourth-order valence-electron chi connectivity index (χ4n) is 6.68. The van der Waals surface area contributed by atoms with Crippen molar-refractivity contribution in [2.24, 2.45) is 0 Å². The molecule has 0 aromatic carbocycles. The van der Waals surface area contributed by atoms with Gasteiger partial charge in [-0.25, -0.2) is 38.4 Å². The highest BCUT2D eigenvalue weighted by atomic mass is 35.5. The fraction of sp³-hybridized carbons (Fsp3) is 0.386. The van der Waals surface area contributed by atoms with E-state index in [-0.39, 0.29) is 42.6 Å². The number of ether oxygens (including phenoxy) is 5. The molecule has 9 heterocycles. The normalized spacial score (nSPS) is 14.2. The Morgan fingerprint density at radius 3 is 1.26 bits per heavy atom. The van der Waals surface area contributed by atoms with Gasteiger partial charge in [0.1, 0.15) is 26.7 Å². The lowest BCUT2D eigenvalue weighted by atomic mass is 10.3. The molecule has 3 fully saturated rings. The van der Waals surface area contributed by atoms with Crippen LogP contribution in [0.3, 0.4) is 0 Å². The maximum Gasteiger partial charge on any atom is 0.351 e. The smallest absolute Gasteiger partial charge is 0.351 e. The number of carbonyl (C=O) groups excluding carboxylic acids is 5. The second-order valence-corrected chi connectivity index (χ2v) is 18.6. The largest absolute Gasteiger partial charge is 0.477 e. The molecule has 6 aromatic heterocycles. The number of aromatic carboxylic acids is 1. The SMILES string of the molecule is CN(C(=O)N1CCOCC1)c1cc2oc(=O)c(C(=O)O)cc2s1.CNc1cc2oc(=O)c(C(=O)OC)cc2s1.COC(=O)c1cc2sc(N(C)C(=O)N3CCOCC3)cc2oc1=O.O=C(Cl)N1CCOCC1.[B]. The topological polar surface area (TPSA) is 288 Å². The van der Waals surface area contributed by atoms with Crippen molar-refractivity contribution < 1.29 is 70.8 Å². The summed E-state index contributed by atoms with van der Waals surface area (Å²) < 4.78 is 41.5. The number of morpholine rings is 3. The third kappa shape index (κ3) is 14.2. The van der Waals surface area contributed by atoms with Crippen molar-refractivity contribution in [2.75, 3.05) is 129 Å². The first-order valence-corrected chi connectivity index (χ1v) is 24.3. The third-order valence-electron chi connectivity index (χ3n) is 10.6. The van der Waals surface area contributed by atoms with Crippen molar-refractivity contribution in [3.8, 4) is 0 Å². The highest BCUT2D eigenvalue weighted by molar-refractivity contribution is 7.23. The zero-order valence-corrected chi connectivity index (χ0v) is 43.0. The molecular formula is C44H47BClN6O18S3. The van der Waals surface area contributed by atoms with Crippen LogP contribution >= 0.6 is 45.6 Å². The lowest BCUT2D eigenvalue weighted by Gasteiger charge is -2.30. The van der Waals surface area contributed by atoms with Crippen LogP contribution in [-0.2, 0) is 23.7 Å². The van der Waals surface area contributed by atoms with Gasteiger partial charge in [-0.1, -0.05) is 0 Å². The molecule has 3 aliphatic heterocycles. The van der Waals surface area contributed by atoms with Gasteiger partial charge in [0.15, 0.2) is 16.7 Å². The Bertz CT molecular complexity index is 3130. The van der Waals surface area contributed by atoms with Crippen molar-refractivity contribution >= 4 is 135 Å². The average molecular weight is 1090 g/mol. The molecule has 2 N–H and O–H groups in total. The Labute approximate surface area is 432 Å². The Hall–Kier alpha value is -6.82. The second kappa shape index (κ2) is 26.2. The summed E-state index contributed by atoms with van der Waals surface area (Å²) in [4.78, 5) is 112. The first kappa shape index (κ1) is 57.1. The number of thiophene rings is 3. The minimum atomic E-state index is -1.34. The van der Waals surface area contributed by atoms with Crippen molar-refractivity contribution in [2.45, 2.75) is 0 Å². The number of carbonyl (C=O) groups is 6. The number of nitrogens with zero attached hydrogens (tertiary/aromatic N) is 5. The summed E-state index contributed by atoms with van der Waals surface area (Å²) in [7, 11) is 7.46. The Morgan fingerprint density at radius 1 is 0.575 bits per heavy atom. The van der Waals surface area contributed by atoms with Gasteiger partial charge in [0.2, 0.25) is 0 Å². The molecule has 5 amide bonds. The Kier molecular flexibility index (Phi) is 20.5. The number of carboxylic acid groups (broad SMARTS) is 1. The summed E-state index contributed by atoms with van der Waals surface area (Å²) in [6.07, 6.45) is 0. The number of carboxylic acids is 1. The number of fused-ring (bicyclic) bond motifs is 3. The van der Waals surface area contributed by atoms with Crippen LogP contribution < -0.4 is 32.0 Å². The van der Waals surface area contributed by atoms with Crippen LogP contribution in [0.4, 0.5) is 29.4 Å². The predicted octanol–water partition coefficient (Wildman–Crippen LogP) is 4.95. The minimum Gasteiger partial charge on any atom is -0.477 e. The molecule has 24 nitrogen and oxygen atoms in total. The number of hydrogen-bond donors (Lipinski definition) is 2. The van der Waals surface area contributed by atoms with E-state index in [1.165, 1.54) is 76.2 Å². The van der Waals surface area contributed by atoms with Crippen molar-refractivity contribution in [3.05, 3.63) is 84.3 Å². The predicted molar refractivity (Wildman–Crippen MR) is 272 cm³/mol. The van der Waals surface area contributed by atoms with E-state index in [9.17, 15) is 43.2 Å². The number of urea groups is 2. The van der Waals surface area contributed by atoms with Gasteiger partial charge in [0.05, 0.1) is 73.0 Å². The van der Waals surface area contributed by atoms with Crippen LogP contribution in [-0.4, -0.2) is 178 Å². The van der Waals surface area contributed by atoms with Crippen LogP contribution in [0, 0.1) is 0 Å². The molecule has 0 saturated carbocycles. The fourth-order valence-corrected chi connectivity index (χ4v) is 9.70. The van der Waals surface area contributed by atoms with Crippen LogP contribution in [0.1, 0.15) is 31.1 Å². The van der Waals surface area contributed by atoms with Crippen LogP contribution in [0.2, 0.25) is 0 Å². The Morgan fingerprint density at radius 2 is 0.918 bits per heavy atom. The quantitative estimate of drug-likeness (QED) is 0.0965. The van der Waals surface area contributed by atoms with Crippen molar-refractivity contribution in [1.82, 2.24) is 14.7 Å². The lowest BCUT2D eigenvalue weighted by molar-refractivity contribution is 0.0551. The van der Waals surface area contributed by atoms with E-state index in [0.29, 0.717) is 109 Å². The third-order valence-corrected chi connectivity index (χ3v) is 14.2. The molecule has 0 unspecified atom stereocenters. The summed E-state index contributed by atoms with van der Waals surface area (Å²) in [5.41, 5.74) is -1.96. The number of anilines is 3. The highest BCUT2D eigenvalue weighted by Gasteiger charge is 2.26. The molecular weight excluding hydrogens is 1040 g/mol. The molecule has 9 rings (SSSR count). The summed E-state index contributed by atoms with van der Waals surface area (Å²) in [6.45, 7) is 6.63. The first-order valence-electron chi connectivity index (χ1n) is 21.5. The zero-order valence-electron chi connectivity index (χ0n) is 39.8. The number of hydrogen-bond acceptors (Lipinski definition) is 21. The number of rotatable bonds is 6. The van der Waals surface area contributed by atoms with Gasteiger partial charge in [0.25, 0.3) is 0 Å². The average Bonchev–Trinajstić information content (AvgIpc) is 4.14. The van der Waals surface area contributed by atoms with Crippen LogP contribution in [0.15, 0.2) is 64.0 Å². The maximum atomic E-state index is 12.5. The molecule has 3 aliphatic rings. The van der Waals surface area contributed by atoms with E-state index in [4.69, 9.17) is 44.2 Å². The zero-order chi connectivity index (χ0) is 52.2. The molecule has 0 bridgehead atoms. The summed E-state index contributed by atoms with van der Waals surface area (Å²) in [5, 5.41) is 13.6. The summed E-state index contributed by atoms with van der Waals surface area (Å²) in [5.74, 6) is -2.78. The number of esters is 2. The summed E-state index contributed by atoms with van der Waals surface area (Å²) in [6, 6.07) is 8.73. The molecule has 0 spiro atoms. The van der Waals surface area contributed by atoms with Gasteiger partial charge >= 0.3 is 52.2 Å². The molecule has 29 heteroatoms. The molecule has 0 aliphatic carbocycles. The molecule has 6 aromatic rings. The first-order chi connectivity index (χ1) is 34.4. The van der Waals surface area contributed by atoms with Crippen LogP contribution in [0.25, 0.3) is 30.8 Å². The van der Waals surface area contributed by atoms with E-state index in [1.54, 1.807) is 54.0 Å². The number of nitrogens with one attached hydrogen (secondary N) is 1. The standard InChI is InChI=1S/C15H16N2O6S.C14H14N2O6S.C10H9NO4S.C5H8ClNO2.B/c1-16(15(20)17-3-5-22-6-4-17)12-8-10-11(24-12)7-9(13(18)21-2)14(19)23-10;1-15(14(20)16-2-4-21-5-3-16)11-7-9-10(23-11)6-8(12(17)18)13(19)22-9;1-11-8-4-6-7(16-8)3-5(9(12)14-2)10(13)15-6;6-5(8)7-1-3-9-4-2-7;/h7-8H,3-6H2,1-2H3;6-7H,2-5H2,1H3,(H,17,18);3-4,11H,1-2H3;1-4H2;. The number of methoxy groups -OCH3 is 2. The van der Waals surface area contributed by atoms with Gasteiger partial charge in [-0.05, 0) is 29.8 Å². The van der Waals surface area contributed by atoms with Gasteiger partial charge in [-0.2, -0.15) is 0 Å².